The van der Waals surface area contributed by atoms with Gasteiger partial charge in [-0.3, -0.25) is 4.90 Å². The Labute approximate surface area is 84.7 Å². The van der Waals surface area contributed by atoms with E-state index >= 15 is 0 Å². The number of allylic oxidation sites excluding steroid dienone is 1. The van der Waals surface area contributed by atoms with Crippen LogP contribution in [0.25, 0.3) is 0 Å². The van der Waals surface area contributed by atoms with Crippen LogP contribution >= 0.6 is 0 Å². The van der Waals surface area contributed by atoms with Gasteiger partial charge in [-0.05, 0) is 19.3 Å². The van der Waals surface area contributed by atoms with Gasteiger partial charge in [0.2, 0.25) is 0 Å². The molecule has 0 radical (unpaired) electrons. The number of unbranched alkanes of at least 4 members (excludes halogenated alkanes) is 1. The molecule has 0 N–H and O–H groups in total. The Morgan fingerprint density at radius 3 is 3.29 bits per heavy atom. The highest BCUT2D eigenvalue weighted by Gasteiger charge is 2.40. The molecule has 1 heterocycles. The zero-order valence-corrected chi connectivity index (χ0v) is 8.61. The van der Waals surface area contributed by atoms with Crippen molar-refractivity contribution >= 4 is 6.09 Å². The third kappa shape index (κ3) is 1.63. The zero-order valence-electron chi connectivity index (χ0n) is 8.61. The van der Waals surface area contributed by atoms with Gasteiger partial charge in [0.05, 0.1) is 6.04 Å². The van der Waals surface area contributed by atoms with Crippen molar-refractivity contribution in [3.63, 3.8) is 0 Å². The molecule has 0 bridgehead atoms. The number of rotatable bonds is 3. The number of fused-ring (bicyclic) bond motifs is 1. The lowest BCUT2D eigenvalue weighted by molar-refractivity contribution is 0.126. The normalized spacial score (nSPS) is 30.4. The zero-order chi connectivity index (χ0) is 9.97. The summed E-state index contributed by atoms with van der Waals surface area (Å²) < 4.78 is 5.31. The fourth-order valence-corrected chi connectivity index (χ4v) is 2.11. The summed E-state index contributed by atoms with van der Waals surface area (Å²) in [5.41, 5.74) is 0. The first-order valence-corrected chi connectivity index (χ1v) is 5.47. The van der Waals surface area contributed by atoms with Crippen molar-refractivity contribution in [2.75, 3.05) is 6.54 Å². The summed E-state index contributed by atoms with van der Waals surface area (Å²) in [6.07, 6.45) is 8.46. The van der Waals surface area contributed by atoms with Crippen molar-refractivity contribution in [1.82, 2.24) is 4.90 Å². The van der Waals surface area contributed by atoms with Gasteiger partial charge >= 0.3 is 6.09 Å². The van der Waals surface area contributed by atoms with Crippen molar-refractivity contribution in [3.8, 4) is 0 Å². The van der Waals surface area contributed by atoms with Gasteiger partial charge in [0.15, 0.2) is 0 Å². The van der Waals surface area contributed by atoms with Crippen LogP contribution in [0.3, 0.4) is 0 Å². The summed E-state index contributed by atoms with van der Waals surface area (Å²) in [4.78, 5) is 13.4. The molecule has 14 heavy (non-hydrogen) atoms. The van der Waals surface area contributed by atoms with Crippen molar-refractivity contribution in [1.29, 1.82) is 0 Å². The van der Waals surface area contributed by atoms with Gasteiger partial charge < -0.3 is 4.74 Å². The van der Waals surface area contributed by atoms with Crippen LogP contribution in [0.15, 0.2) is 12.2 Å². The molecule has 78 valence electrons. The summed E-state index contributed by atoms with van der Waals surface area (Å²) >= 11 is 0. The van der Waals surface area contributed by atoms with Gasteiger partial charge in [-0.25, -0.2) is 4.79 Å². The van der Waals surface area contributed by atoms with E-state index in [9.17, 15) is 4.79 Å². The van der Waals surface area contributed by atoms with E-state index in [2.05, 4.69) is 19.1 Å². The van der Waals surface area contributed by atoms with Crippen molar-refractivity contribution in [3.05, 3.63) is 12.2 Å². The van der Waals surface area contributed by atoms with Crippen molar-refractivity contribution in [2.45, 2.75) is 44.8 Å². The fraction of sp³-hybridized carbons (Fsp3) is 0.727. The van der Waals surface area contributed by atoms with Crippen molar-refractivity contribution < 1.29 is 9.53 Å². The number of nitrogens with zero attached hydrogens (tertiary/aromatic N) is 1. The van der Waals surface area contributed by atoms with Crippen LogP contribution in [0.2, 0.25) is 0 Å². The lowest BCUT2D eigenvalue weighted by Gasteiger charge is -2.23. The predicted octanol–water partition coefficient (Wildman–Crippen LogP) is 2.33. The molecule has 2 rings (SSSR count). The molecule has 1 saturated heterocycles. The molecule has 0 aromatic carbocycles. The standard InChI is InChI=1S/C11H17NO2/c1-2-3-8-12-9-6-4-5-7-10(9)14-11(12)13/h4,6,9-10H,2-3,5,7-8H2,1H3/t9-,10+/m1/s1. The molecule has 1 fully saturated rings. The first-order chi connectivity index (χ1) is 6.83. The molecule has 2 atom stereocenters. The van der Waals surface area contributed by atoms with Crippen LogP contribution in [0.1, 0.15) is 32.6 Å². The average molecular weight is 195 g/mol. The van der Waals surface area contributed by atoms with Gasteiger partial charge in [0, 0.05) is 6.54 Å². The second kappa shape index (κ2) is 4.03. The number of ether oxygens (including phenoxy) is 1. The maximum atomic E-state index is 11.5. The quantitative estimate of drug-likeness (QED) is 0.647. The van der Waals surface area contributed by atoms with Gasteiger partial charge in [-0.15, -0.1) is 0 Å². The van der Waals surface area contributed by atoms with E-state index in [0.29, 0.717) is 0 Å². The Hall–Kier alpha value is -0.990. The van der Waals surface area contributed by atoms with Crippen LogP contribution in [0, 0.1) is 0 Å². The van der Waals surface area contributed by atoms with Crippen LogP contribution in [-0.4, -0.2) is 29.7 Å². The van der Waals surface area contributed by atoms with Crippen LogP contribution in [0.5, 0.6) is 0 Å². The summed E-state index contributed by atoms with van der Waals surface area (Å²) in [6, 6.07) is 0.211. The maximum absolute atomic E-state index is 11.5. The van der Waals surface area contributed by atoms with Gasteiger partial charge in [-0.2, -0.15) is 0 Å². The third-order valence-corrected chi connectivity index (χ3v) is 2.93. The molecule has 0 spiro atoms. The van der Waals surface area contributed by atoms with Crippen LogP contribution in [-0.2, 0) is 4.74 Å². The minimum absolute atomic E-state index is 0.115. The molecule has 0 aromatic rings. The SMILES string of the molecule is CCCCN1C(=O)O[C@H]2CCC=C[C@H]21. The molecule has 2 aliphatic rings. The number of hydrogen-bond donors (Lipinski definition) is 0. The lowest BCUT2D eigenvalue weighted by atomic mass is 9.99. The molecule has 3 heteroatoms. The number of hydrogen-bond acceptors (Lipinski definition) is 2. The molecule has 1 aliphatic heterocycles. The predicted molar refractivity (Wildman–Crippen MR) is 54.0 cm³/mol. The summed E-state index contributed by atoms with van der Waals surface area (Å²) in [5.74, 6) is 0. The number of amides is 1. The first-order valence-electron chi connectivity index (χ1n) is 5.47. The van der Waals surface area contributed by atoms with E-state index in [1.165, 1.54) is 0 Å². The van der Waals surface area contributed by atoms with E-state index in [1.807, 2.05) is 4.90 Å². The number of carbonyl (C=O) groups excluding carboxylic acids is 1. The molecule has 0 saturated carbocycles. The topological polar surface area (TPSA) is 29.5 Å². The van der Waals surface area contributed by atoms with E-state index in [-0.39, 0.29) is 18.2 Å². The van der Waals surface area contributed by atoms with E-state index in [4.69, 9.17) is 4.74 Å². The number of carbonyl (C=O) groups is 1. The second-order valence-corrected chi connectivity index (χ2v) is 3.97. The first kappa shape index (κ1) is 9.56. The van der Waals surface area contributed by atoms with Gasteiger partial charge in [0.1, 0.15) is 6.10 Å². The average Bonchev–Trinajstić information content (AvgIpc) is 2.51. The summed E-state index contributed by atoms with van der Waals surface area (Å²) in [5, 5.41) is 0. The van der Waals surface area contributed by atoms with Crippen LogP contribution < -0.4 is 0 Å². The Morgan fingerprint density at radius 1 is 1.64 bits per heavy atom. The highest BCUT2D eigenvalue weighted by molar-refractivity contribution is 5.71. The largest absolute Gasteiger partial charge is 0.444 e. The summed E-state index contributed by atoms with van der Waals surface area (Å²) in [6.45, 7) is 2.97. The van der Waals surface area contributed by atoms with E-state index in [0.717, 1.165) is 32.2 Å². The molecule has 1 amide bonds. The van der Waals surface area contributed by atoms with Crippen molar-refractivity contribution in [2.24, 2.45) is 0 Å². The van der Waals surface area contributed by atoms with E-state index in [1.54, 1.807) is 0 Å². The van der Waals surface area contributed by atoms with Crippen LogP contribution in [0.4, 0.5) is 4.79 Å². The fourth-order valence-electron chi connectivity index (χ4n) is 2.11. The molecular formula is C11H17NO2. The molecule has 0 aromatic heterocycles. The highest BCUT2D eigenvalue weighted by atomic mass is 16.6. The smallest absolute Gasteiger partial charge is 0.410 e. The minimum Gasteiger partial charge on any atom is -0.444 e. The monoisotopic (exact) mass is 195 g/mol. The Balaban J connectivity index is 2.03. The van der Waals surface area contributed by atoms with E-state index < -0.39 is 0 Å². The molecular weight excluding hydrogens is 178 g/mol. The molecule has 0 unspecified atom stereocenters. The highest BCUT2D eigenvalue weighted by Crippen LogP contribution is 2.27. The Kier molecular flexibility index (Phi) is 2.75. The van der Waals surface area contributed by atoms with Gasteiger partial charge in [-0.1, -0.05) is 25.5 Å². The minimum atomic E-state index is -0.125. The molecule has 1 aliphatic carbocycles. The second-order valence-electron chi connectivity index (χ2n) is 3.97. The molecule has 3 nitrogen and oxygen atoms in total. The maximum Gasteiger partial charge on any atom is 0.410 e. The lowest BCUT2D eigenvalue weighted by Crippen LogP contribution is -2.36. The Bertz CT molecular complexity index is 250. The third-order valence-electron chi connectivity index (χ3n) is 2.93. The van der Waals surface area contributed by atoms with Gasteiger partial charge in [0.25, 0.3) is 0 Å². The summed E-state index contributed by atoms with van der Waals surface area (Å²) in [7, 11) is 0. The Morgan fingerprint density at radius 2 is 2.50 bits per heavy atom.